The molecule has 0 aliphatic carbocycles. The maximum Gasteiger partial charge on any atom is 0.344 e. The predicted octanol–water partition coefficient (Wildman–Crippen LogP) is 3.00. The number of aryl methyl sites for hydroxylation is 1. The maximum atomic E-state index is 10.8. The zero-order valence-electron chi connectivity index (χ0n) is 8.66. The van der Waals surface area contributed by atoms with Gasteiger partial charge in [-0.1, -0.05) is 13.0 Å². The van der Waals surface area contributed by atoms with Crippen molar-refractivity contribution in [1.82, 2.24) is 0 Å². The third-order valence-corrected chi connectivity index (χ3v) is 2.62. The summed E-state index contributed by atoms with van der Waals surface area (Å²) in [7, 11) is 0. The number of ether oxygens (including phenoxy) is 1. The molecule has 0 aliphatic heterocycles. The second-order valence-corrected chi connectivity index (χ2v) is 4.14. The van der Waals surface area contributed by atoms with Crippen molar-refractivity contribution in [2.24, 2.45) is 0 Å². The largest absolute Gasteiger partial charge is 0.479 e. The summed E-state index contributed by atoms with van der Waals surface area (Å²) in [6.07, 6.45) is -0.348. The van der Waals surface area contributed by atoms with Gasteiger partial charge >= 0.3 is 5.97 Å². The van der Waals surface area contributed by atoms with Crippen molar-refractivity contribution in [1.29, 1.82) is 0 Å². The van der Waals surface area contributed by atoms with Crippen LogP contribution in [0.2, 0.25) is 0 Å². The number of halogens is 1. The normalized spacial score (nSPS) is 12.2. The van der Waals surface area contributed by atoms with Crippen molar-refractivity contribution in [3.63, 3.8) is 0 Å². The molecule has 0 heterocycles. The standard InChI is InChI=1S/C11H13BrO3/c1-3-9(11(13)14)15-10-5-4-7(2)6-8(10)12/h4-6,9H,3H2,1-2H3,(H,13,14). The molecule has 0 bridgehead atoms. The van der Waals surface area contributed by atoms with Gasteiger partial charge in [-0.05, 0) is 47.0 Å². The minimum Gasteiger partial charge on any atom is -0.479 e. The number of carbonyl (C=O) groups is 1. The van der Waals surface area contributed by atoms with Crippen LogP contribution >= 0.6 is 15.9 Å². The van der Waals surface area contributed by atoms with Crippen LogP contribution in [-0.2, 0) is 4.79 Å². The Kier molecular flexibility index (Phi) is 4.15. The molecule has 0 radical (unpaired) electrons. The van der Waals surface area contributed by atoms with Gasteiger partial charge in [-0.25, -0.2) is 4.79 Å². The molecule has 0 amide bonds. The lowest BCUT2D eigenvalue weighted by Crippen LogP contribution is -2.26. The minimum absolute atomic E-state index is 0.440. The zero-order chi connectivity index (χ0) is 11.4. The third-order valence-electron chi connectivity index (χ3n) is 2.00. The molecule has 0 saturated heterocycles. The highest BCUT2D eigenvalue weighted by Crippen LogP contribution is 2.27. The van der Waals surface area contributed by atoms with Crippen molar-refractivity contribution < 1.29 is 14.6 Å². The molecule has 0 saturated carbocycles. The van der Waals surface area contributed by atoms with Crippen LogP contribution in [0.4, 0.5) is 0 Å². The molecule has 1 aromatic rings. The summed E-state index contributed by atoms with van der Waals surface area (Å²) >= 11 is 3.34. The van der Waals surface area contributed by atoms with E-state index in [4.69, 9.17) is 9.84 Å². The van der Waals surface area contributed by atoms with E-state index in [2.05, 4.69) is 15.9 Å². The maximum absolute atomic E-state index is 10.8. The highest BCUT2D eigenvalue weighted by Gasteiger charge is 2.17. The Bertz CT molecular complexity index is 363. The summed E-state index contributed by atoms with van der Waals surface area (Å²) in [6, 6.07) is 5.55. The summed E-state index contributed by atoms with van der Waals surface area (Å²) in [5.74, 6) is -0.375. The molecule has 15 heavy (non-hydrogen) atoms. The average molecular weight is 273 g/mol. The monoisotopic (exact) mass is 272 g/mol. The van der Waals surface area contributed by atoms with Gasteiger partial charge in [-0.15, -0.1) is 0 Å². The Hall–Kier alpha value is -1.03. The quantitative estimate of drug-likeness (QED) is 0.917. The van der Waals surface area contributed by atoms with Gasteiger partial charge in [0.1, 0.15) is 5.75 Å². The van der Waals surface area contributed by atoms with E-state index in [9.17, 15) is 4.79 Å². The van der Waals surface area contributed by atoms with Gasteiger partial charge in [0.25, 0.3) is 0 Å². The summed E-state index contributed by atoms with van der Waals surface area (Å²) in [4.78, 5) is 10.8. The number of hydrogen-bond acceptors (Lipinski definition) is 2. The minimum atomic E-state index is -0.940. The smallest absolute Gasteiger partial charge is 0.344 e. The lowest BCUT2D eigenvalue weighted by Gasteiger charge is -2.14. The molecule has 1 N–H and O–H groups in total. The first-order valence-corrected chi connectivity index (χ1v) is 5.49. The topological polar surface area (TPSA) is 46.5 Å². The molecule has 1 unspecified atom stereocenters. The fraction of sp³-hybridized carbons (Fsp3) is 0.364. The number of carboxylic acids is 1. The van der Waals surface area contributed by atoms with Gasteiger partial charge < -0.3 is 9.84 Å². The second-order valence-electron chi connectivity index (χ2n) is 3.29. The fourth-order valence-corrected chi connectivity index (χ4v) is 1.75. The molecule has 0 fully saturated rings. The number of aliphatic carboxylic acids is 1. The Morgan fingerprint density at radius 3 is 2.73 bits per heavy atom. The van der Waals surface area contributed by atoms with E-state index in [0.717, 1.165) is 10.0 Å². The van der Waals surface area contributed by atoms with Crippen LogP contribution in [0.1, 0.15) is 18.9 Å². The van der Waals surface area contributed by atoms with Crippen LogP contribution in [-0.4, -0.2) is 17.2 Å². The van der Waals surface area contributed by atoms with Gasteiger partial charge in [0.15, 0.2) is 6.10 Å². The van der Waals surface area contributed by atoms with Crippen LogP contribution in [0.15, 0.2) is 22.7 Å². The number of carboxylic acid groups (broad SMARTS) is 1. The van der Waals surface area contributed by atoms with Crippen molar-refractivity contribution >= 4 is 21.9 Å². The third kappa shape index (κ3) is 3.23. The van der Waals surface area contributed by atoms with Crippen molar-refractivity contribution in [3.8, 4) is 5.75 Å². The lowest BCUT2D eigenvalue weighted by molar-refractivity contribution is -0.145. The molecule has 4 heteroatoms. The van der Waals surface area contributed by atoms with Crippen molar-refractivity contribution in [3.05, 3.63) is 28.2 Å². The Balaban J connectivity index is 2.84. The van der Waals surface area contributed by atoms with Gasteiger partial charge in [0.05, 0.1) is 4.47 Å². The SMILES string of the molecule is CCC(Oc1ccc(C)cc1Br)C(=O)O. The Labute approximate surface area is 97.2 Å². The molecule has 0 aliphatic rings. The Morgan fingerprint density at radius 1 is 1.60 bits per heavy atom. The van der Waals surface area contributed by atoms with Gasteiger partial charge in [-0.2, -0.15) is 0 Å². The van der Waals surface area contributed by atoms with E-state index in [1.54, 1.807) is 13.0 Å². The van der Waals surface area contributed by atoms with Crippen LogP contribution in [0, 0.1) is 6.92 Å². The van der Waals surface area contributed by atoms with Crippen molar-refractivity contribution in [2.45, 2.75) is 26.4 Å². The number of benzene rings is 1. The molecule has 1 rings (SSSR count). The van der Waals surface area contributed by atoms with Crippen LogP contribution in [0.5, 0.6) is 5.75 Å². The van der Waals surface area contributed by atoms with Crippen LogP contribution in [0.25, 0.3) is 0 Å². The van der Waals surface area contributed by atoms with Gasteiger partial charge in [0, 0.05) is 0 Å². The molecule has 1 atom stereocenters. The first kappa shape index (κ1) is 12.0. The van der Waals surface area contributed by atoms with E-state index >= 15 is 0 Å². The van der Waals surface area contributed by atoms with Crippen LogP contribution < -0.4 is 4.74 Å². The molecule has 0 aromatic heterocycles. The van der Waals surface area contributed by atoms with E-state index in [0.29, 0.717) is 12.2 Å². The summed E-state index contributed by atoms with van der Waals surface area (Å²) in [5, 5.41) is 8.84. The first-order valence-electron chi connectivity index (χ1n) is 4.70. The van der Waals surface area contributed by atoms with Gasteiger partial charge in [-0.3, -0.25) is 0 Å². The molecular formula is C11H13BrO3. The van der Waals surface area contributed by atoms with Crippen LogP contribution in [0.3, 0.4) is 0 Å². The molecule has 1 aromatic carbocycles. The summed E-state index contributed by atoms with van der Waals surface area (Å²) in [6.45, 7) is 3.74. The average Bonchev–Trinajstić information content (AvgIpc) is 2.16. The Morgan fingerprint density at radius 2 is 2.27 bits per heavy atom. The second kappa shape index (κ2) is 5.16. The zero-order valence-corrected chi connectivity index (χ0v) is 10.2. The fourth-order valence-electron chi connectivity index (χ4n) is 1.16. The van der Waals surface area contributed by atoms with E-state index in [-0.39, 0.29) is 0 Å². The summed E-state index contributed by atoms with van der Waals surface area (Å²) in [5.41, 5.74) is 1.09. The lowest BCUT2D eigenvalue weighted by atomic mass is 10.2. The van der Waals surface area contributed by atoms with E-state index in [1.807, 2.05) is 19.1 Å². The summed E-state index contributed by atoms with van der Waals surface area (Å²) < 4.78 is 6.14. The highest BCUT2D eigenvalue weighted by atomic mass is 79.9. The predicted molar refractivity (Wildman–Crippen MR) is 61.2 cm³/mol. The van der Waals surface area contributed by atoms with E-state index in [1.165, 1.54) is 0 Å². The first-order chi connectivity index (χ1) is 7.04. The van der Waals surface area contributed by atoms with E-state index < -0.39 is 12.1 Å². The van der Waals surface area contributed by atoms with Crippen molar-refractivity contribution in [2.75, 3.05) is 0 Å². The number of hydrogen-bond donors (Lipinski definition) is 1. The molecular weight excluding hydrogens is 260 g/mol. The molecule has 0 spiro atoms. The van der Waals surface area contributed by atoms with Gasteiger partial charge in [0.2, 0.25) is 0 Å². The number of rotatable bonds is 4. The molecule has 82 valence electrons. The highest BCUT2D eigenvalue weighted by molar-refractivity contribution is 9.10. The molecule has 3 nitrogen and oxygen atoms in total.